The van der Waals surface area contributed by atoms with Crippen molar-refractivity contribution in [3.63, 3.8) is 0 Å². The molecule has 0 saturated carbocycles. The molecule has 0 spiro atoms. The lowest BCUT2D eigenvalue weighted by Crippen LogP contribution is -2.19. The van der Waals surface area contributed by atoms with E-state index < -0.39 is 0 Å². The summed E-state index contributed by atoms with van der Waals surface area (Å²) in [5.74, 6) is 0.921. The van der Waals surface area contributed by atoms with E-state index in [2.05, 4.69) is 20.2 Å². The average Bonchev–Trinajstić information content (AvgIpc) is 3.01. The first-order chi connectivity index (χ1) is 9.69. The minimum Gasteiger partial charge on any atom is -0.352 e. The molecule has 2 N–H and O–H groups in total. The fraction of sp³-hybridized carbons (Fsp3) is 0.286. The number of pyridine rings is 1. The number of hydrogen-bond acceptors (Lipinski definition) is 5. The third kappa shape index (κ3) is 2.28. The number of nitrogens with two attached hydrogens (primary N) is 1. The molecule has 0 amide bonds. The molecule has 0 saturated heterocycles. The van der Waals surface area contributed by atoms with Gasteiger partial charge in [-0.2, -0.15) is 0 Å². The zero-order chi connectivity index (χ0) is 14.1. The molecule has 3 aromatic heterocycles. The fourth-order valence-corrected chi connectivity index (χ4v) is 2.93. The van der Waals surface area contributed by atoms with Gasteiger partial charge in [0.25, 0.3) is 0 Å². The Morgan fingerprint density at radius 1 is 1.35 bits per heavy atom. The zero-order valence-corrected chi connectivity index (χ0v) is 12.4. The van der Waals surface area contributed by atoms with E-state index >= 15 is 0 Å². The van der Waals surface area contributed by atoms with Crippen LogP contribution in [0.4, 0.5) is 5.82 Å². The van der Waals surface area contributed by atoms with E-state index in [4.69, 9.17) is 5.73 Å². The lowest BCUT2D eigenvalue weighted by Gasteiger charge is -2.16. The van der Waals surface area contributed by atoms with Gasteiger partial charge in [-0.1, -0.05) is 6.07 Å². The number of aryl methyl sites for hydroxylation is 1. The van der Waals surface area contributed by atoms with Crippen LogP contribution in [0.1, 0.15) is 16.4 Å². The molecule has 3 rings (SSSR count). The maximum absolute atomic E-state index is 5.90. The van der Waals surface area contributed by atoms with Gasteiger partial charge in [0.1, 0.15) is 5.65 Å². The molecule has 6 heteroatoms. The number of fused-ring (bicyclic) bond motifs is 1. The van der Waals surface area contributed by atoms with E-state index in [0.717, 1.165) is 34.4 Å². The number of hydrogen-bond donors (Lipinski definition) is 1. The maximum atomic E-state index is 5.90. The standard InChI is InChI=1S/C14H17N5S/c1-10-16-11(9-20-10)8-18(2)14-12(7-15)19-6-4-3-5-13(19)17-14/h3-6,9H,7-8,15H2,1-2H3. The summed E-state index contributed by atoms with van der Waals surface area (Å²) < 4.78 is 2.04. The van der Waals surface area contributed by atoms with Crippen molar-refractivity contribution in [1.29, 1.82) is 0 Å². The van der Waals surface area contributed by atoms with Gasteiger partial charge in [0.2, 0.25) is 0 Å². The molecule has 3 heterocycles. The summed E-state index contributed by atoms with van der Waals surface area (Å²) in [5, 5.41) is 3.17. The monoisotopic (exact) mass is 287 g/mol. The summed E-state index contributed by atoms with van der Waals surface area (Å²) in [5.41, 5.74) is 8.90. The van der Waals surface area contributed by atoms with Crippen molar-refractivity contribution in [1.82, 2.24) is 14.4 Å². The number of anilines is 1. The molecule has 0 aromatic carbocycles. The van der Waals surface area contributed by atoms with Gasteiger partial charge in [0.15, 0.2) is 5.82 Å². The van der Waals surface area contributed by atoms with Crippen LogP contribution in [0.5, 0.6) is 0 Å². The first-order valence-electron chi connectivity index (χ1n) is 6.47. The fourth-order valence-electron chi connectivity index (χ4n) is 2.33. The second-order valence-electron chi connectivity index (χ2n) is 4.73. The summed E-state index contributed by atoms with van der Waals surface area (Å²) in [7, 11) is 2.02. The summed E-state index contributed by atoms with van der Waals surface area (Å²) >= 11 is 1.67. The Morgan fingerprint density at radius 3 is 2.90 bits per heavy atom. The van der Waals surface area contributed by atoms with Crippen LogP contribution < -0.4 is 10.6 Å². The molecule has 0 radical (unpaired) electrons. The van der Waals surface area contributed by atoms with E-state index in [1.165, 1.54) is 0 Å². The normalized spacial score (nSPS) is 11.2. The molecule has 0 bridgehead atoms. The highest BCUT2D eigenvalue weighted by atomic mass is 32.1. The van der Waals surface area contributed by atoms with E-state index in [0.29, 0.717) is 6.54 Å². The van der Waals surface area contributed by atoms with Crippen LogP contribution in [0.3, 0.4) is 0 Å². The quantitative estimate of drug-likeness (QED) is 0.799. The molecule has 20 heavy (non-hydrogen) atoms. The van der Waals surface area contributed by atoms with Crippen molar-refractivity contribution < 1.29 is 0 Å². The van der Waals surface area contributed by atoms with Gasteiger partial charge in [-0.05, 0) is 19.1 Å². The first kappa shape index (κ1) is 13.1. The lowest BCUT2D eigenvalue weighted by atomic mass is 10.3. The Balaban J connectivity index is 1.96. The van der Waals surface area contributed by atoms with Crippen LogP contribution in [-0.4, -0.2) is 21.4 Å². The minimum atomic E-state index is 0.459. The minimum absolute atomic E-state index is 0.459. The Bertz CT molecular complexity index is 730. The van der Waals surface area contributed by atoms with Gasteiger partial charge >= 0.3 is 0 Å². The molecule has 104 valence electrons. The lowest BCUT2D eigenvalue weighted by molar-refractivity contribution is 0.853. The Labute approximate surface area is 121 Å². The first-order valence-corrected chi connectivity index (χ1v) is 7.35. The number of imidazole rings is 1. The van der Waals surface area contributed by atoms with Crippen molar-refractivity contribution in [3.8, 4) is 0 Å². The molecular weight excluding hydrogens is 270 g/mol. The second-order valence-corrected chi connectivity index (χ2v) is 5.79. The third-order valence-electron chi connectivity index (χ3n) is 3.23. The largest absolute Gasteiger partial charge is 0.352 e. The molecule has 0 aliphatic carbocycles. The van der Waals surface area contributed by atoms with Crippen LogP contribution in [0.15, 0.2) is 29.8 Å². The second kappa shape index (κ2) is 5.22. The van der Waals surface area contributed by atoms with Gasteiger partial charge < -0.3 is 15.0 Å². The van der Waals surface area contributed by atoms with Crippen molar-refractivity contribution in [3.05, 3.63) is 46.2 Å². The Kier molecular flexibility index (Phi) is 3.42. The van der Waals surface area contributed by atoms with E-state index in [1.807, 2.05) is 42.8 Å². The van der Waals surface area contributed by atoms with Crippen LogP contribution in [-0.2, 0) is 13.1 Å². The van der Waals surface area contributed by atoms with Crippen molar-refractivity contribution >= 4 is 22.8 Å². The predicted molar refractivity (Wildman–Crippen MR) is 82.0 cm³/mol. The Hall–Kier alpha value is -1.92. The highest BCUT2D eigenvalue weighted by Gasteiger charge is 2.15. The molecule has 0 unspecified atom stereocenters. The average molecular weight is 287 g/mol. The van der Waals surface area contributed by atoms with Crippen LogP contribution in [0.25, 0.3) is 5.65 Å². The summed E-state index contributed by atoms with van der Waals surface area (Å²) in [6, 6.07) is 5.96. The molecule has 0 atom stereocenters. The van der Waals surface area contributed by atoms with E-state index in [-0.39, 0.29) is 0 Å². The van der Waals surface area contributed by atoms with Crippen LogP contribution >= 0.6 is 11.3 Å². The van der Waals surface area contributed by atoms with Crippen LogP contribution in [0, 0.1) is 6.92 Å². The summed E-state index contributed by atoms with van der Waals surface area (Å²) in [6.45, 7) is 3.21. The third-order valence-corrected chi connectivity index (χ3v) is 4.05. The van der Waals surface area contributed by atoms with Gasteiger partial charge in [-0.3, -0.25) is 0 Å². The van der Waals surface area contributed by atoms with E-state index in [9.17, 15) is 0 Å². The molecule has 0 aliphatic heterocycles. The highest BCUT2D eigenvalue weighted by molar-refractivity contribution is 7.09. The molecule has 0 fully saturated rings. The topological polar surface area (TPSA) is 59.5 Å². The van der Waals surface area contributed by atoms with Crippen molar-refractivity contribution in [2.45, 2.75) is 20.0 Å². The molecule has 0 aliphatic rings. The number of nitrogens with zero attached hydrogens (tertiary/aromatic N) is 4. The van der Waals surface area contributed by atoms with Gasteiger partial charge in [-0.25, -0.2) is 9.97 Å². The number of aromatic nitrogens is 3. The molecule has 5 nitrogen and oxygen atoms in total. The zero-order valence-electron chi connectivity index (χ0n) is 11.6. The van der Waals surface area contributed by atoms with Crippen LogP contribution in [0.2, 0.25) is 0 Å². The number of thiazole rings is 1. The summed E-state index contributed by atoms with van der Waals surface area (Å²) in [6.07, 6.45) is 1.99. The number of rotatable bonds is 4. The molecular formula is C14H17N5S. The van der Waals surface area contributed by atoms with Gasteiger partial charge in [-0.15, -0.1) is 11.3 Å². The van der Waals surface area contributed by atoms with E-state index in [1.54, 1.807) is 11.3 Å². The smallest absolute Gasteiger partial charge is 0.152 e. The SMILES string of the molecule is Cc1nc(CN(C)c2nc3ccccn3c2CN)cs1. The predicted octanol–water partition coefficient (Wildman–Crippen LogP) is 2.19. The summed E-state index contributed by atoms with van der Waals surface area (Å²) in [4.78, 5) is 11.3. The van der Waals surface area contributed by atoms with Gasteiger partial charge in [0.05, 0.1) is 22.9 Å². The molecule has 3 aromatic rings. The van der Waals surface area contributed by atoms with Crippen molar-refractivity contribution in [2.75, 3.05) is 11.9 Å². The Morgan fingerprint density at radius 2 is 2.20 bits per heavy atom. The van der Waals surface area contributed by atoms with Crippen molar-refractivity contribution in [2.24, 2.45) is 5.73 Å². The highest BCUT2D eigenvalue weighted by Crippen LogP contribution is 2.22. The maximum Gasteiger partial charge on any atom is 0.152 e. The van der Waals surface area contributed by atoms with Gasteiger partial charge in [0, 0.05) is 25.2 Å².